The Labute approximate surface area is 126 Å². The smallest absolute Gasteiger partial charge is 0.119 e. The SMILES string of the molecule is COc1cccc(C(c2cccn2C)N2CCNCC2)c1. The number of hydrogen-bond donors (Lipinski definition) is 1. The molecule has 1 aliphatic heterocycles. The zero-order chi connectivity index (χ0) is 14.7. The van der Waals surface area contributed by atoms with Gasteiger partial charge >= 0.3 is 0 Å². The molecule has 1 aromatic heterocycles. The number of piperazine rings is 1. The third-order valence-corrected chi connectivity index (χ3v) is 4.19. The molecule has 4 heteroatoms. The molecular formula is C17H23N3O. The molecule has 0 amide bonds. The van der Waals surface area contributed by atoms with Gasteiger partial charge in [-0.15, -0.1) is 0 Å². The van der Waals surface area contributed by atoms with Gasteiger partial charge in [0.2, 0.25) is 0 Å². The maximum Gasteiger partial charge on any atom is 0.119 e. The predicted octanol–water partition coefficient (Wildman–Crippen LogP) is 2.03. The molecule has 2 aromatic rings. The van der Waals surface area contributed by atoms with Crippen molar-refractivity contribution < 1.29 is 4.74 Å². The van der Waals surface area contributed by atoms with Crippen LogP contribution in [0.4, 0.5) is 0 Å². The first kappa shape index (κ1) is 14.2. The fourth-order valence-corrected chi connectivity index (χ4v) is 3.08. The number of aromatic nitrogens is 1. The van der Waals surface area contributed by atoms with Crippen LogP contribution < -0.4 is 10.1 Å². The van der Waals surface area contributed by atoms with Crippen LogP contribution in [-0.4, -0.2) is 42.8 Å². The molecule has 1 saturated heterocycles. The van der Waals surface area contributed by atoms with Gasteiger partial charge < -0.3 is 14.6 Å². The third kappa shape index (κ3) is 2.96. The van der Waals surface area contributed by atoms with E-state index in [4.69, 9.17) is 4.74 Å². The zero-order valence-electron chi connectivity index (χ0n) is 12.7. The summed E-state index contributed by atoms with van der Waals surface area (Å²) in [4.78, 5) is 2.54. The number of benzene rings is 1. The van der Waals surface area contributed by atoms with E-state index in [0.29, 0.717) is 0 Å². The lowest BCUT2D eigenvalue weighted by molar-refractivity contribution is 0.193. The molecule has 0 aliphatic carbocycles. The standard InChI is InChI=1S/C17H23N3O/c1-19-10-4-7-16(19)17(20-11-8-18-9-12-20)14-5-3-6-15(13-14)21-2/h3-7,10,13,17-18H,8-9,11-12H2,1-2H3. The topological polar surface area (TPSA) is 29.4 Å². The highest BCUT2D eigenvalue weighted by Crippen LogP contribution is 2.30. The Kier molecular flexibility index (Phi) is 4.27. The molecule has 2 heterocycles. The third-order valence-electron chi connectivity index (χ3n) is 4.19. The summed E-state index contributed by atoms with van der Waals surface area (Å²) in [6.45, 7) is 4.22. The molecule has 0 bridgehead atoms. The zero-order valence-corrected chi connectivity index (χ0v) is 12.7. The van der Waals surface area contributed by atoms with Crippen molar-refractivity contribution >= 4 is 0 Å². The molecule has 112 valence electrons. The average molecular weight is 285 g/mol. The van der Waals surface area contributed by atoms with Crippen molar-refractivity contribution in [1.29, 1.82) is 0 Å². The van der Waals surface area contributed by atoms with E-state index in [2.05, 4.69) is 58.4 Å². The second-order valence-electron chi connectivity index (χ2n) is 5.51. The number of ether oxygens (including phenoxy) is 1. The van der Waals surface area contributed by atoms with Crippen LogP contribution >= 0.6 is 0 Å². The monoisotopic (exact) mass is 285 g/mol. The molecule has 1 aliphatic rings. The van der Waals surface area contributed by atoms with Gasteiger partial charge in [-0.2, -0.15) is 0 Å². The minimum Gasteiger partial charge on any atom is -0.497 e. The van der Waals surface area contributed by atoms with Gasteiger partial charge in [-0.1, -0.05) is 12.1 Å². The van der Waals surface area contributed by atoms with E-state index in [9.17, 15) is 0 Å². The molecule has 1 aromatic carbocycles. The maximum atomic E-state index is 5.40. The molecule has 0 saturated carbocycles. The number of methoxy groups -OCH3 is 1. The predicted molar refractivity (Wildman–Crippen MR) is 84.7 cm³/mol. The van der Waals surface area contributed by atoms with Crippen LogP contribution in [0.25, 0.3) is 0 Å². The van der Waals surface area contributed by atoms with Crippen LogP contribution in [0.2, 0.25) is 0 Å². The molecule has 4 nitrogen and oxygen atoms in total. The Morgan fingerprint density at radius 2 is 1.95 bits per heavy atom. The highest BCUT2D eigenvalue weighted by molar-refractivity contribution is 5.35. The fraction of sp³-hybridized carbons (Fsp3) is 0.412. The van der Waals surface area contributed by atoms with Gasteiger partial charge in [0.25, 0.3) is 0 Å². The van der Waals surface area contributed by atoms with Crippen LogP contribution in [-0.2, 0) is 7.05 Å². The lowest BCUT2D eigenvalue weighted by Gasteiger charge is -2.35. The van der Waals surface area contributed by atoms with Crippen molar-refractivity contribution in [1.82, 2.24) is 14.8 Å². The second kappa shape index (κ2) is 6.33. The largest absolute Gasteiger partial charge is 0.497 e. The van der Waals surface area contributed by atoms with Gasteiger partial charge in [0.05, 0.1) is 13.2 Å². The van der Waals surface area contributed by atoms with E-state index in [-0.39, 0.29) is 6.04 Å². The minimum absolute atomic E-state index is 0.280. The van der Waals surface area contributed by atoms with Crippen molar-refractivity contribution in [3.63, 3.8) is 0 Å². The summed E-state index contributed by atoms with van der Waals surface area (Å²) in [5.41, 5.74) is 2.61. The summed E-state index contributed by atoms with van der Waals surface area (Å²) in [5.74, 6) is 0.918. The Morgan fingerprint density at radius 1 is 1.14 bits per heavy atom. The molecule has 0 spiro atoms. The molecular weight excluding hydrogens is 262 g/mol. The van der Waals surface area contributed by atoms with Crippen molar-refractivity contribution in [2.24, 2.45) is 7.05 Å². The normalized spacial score (nSPS) is 17.6. The highest BCUT2D eigenvalue weighted by atomic mass is 16.5. The molecule has 0 radical (unpaired) electrons. The lowest BCUT2D eigenvalue weighted by atomic mass is 10.0. The maximum absolute atomic E-state index is 5.40. The number of nitrogens with one attached hydrogen (secondary N) is 1. The lowest BCUT2D eigenvalue weighted by Crippen LogP contribution is -2.45. The molecule has 1 N–H and O–H groups in total. The van der Waals surface area contributed by atoms with Crippen LogP contribution in [0.5, 0.6) is 5.75 Å². The van der Waals surface area contributed by atoms with Crippen molar-refractivity contribution in [3.05, 3.63) is 53.9 Å². The van der Waals surface area contributed by atoms with Gasteiger partial charge in [-0.25, -0.2) is 0 Å². The summed E-state index contributed by atoms with van der Waals surface area (Å²) in [5, 5.41) is 3.43. The first-order valence-corrected chi connectivity index (χ1v) is 7.49. The second-order valence-corrected chi connectivity index (χ2v) is 5.51. The van der Waals surface area contributed by atoms with Crippen LogP contribution in [0.3, 0.4) is 0 Å². The minimum atomic E-state index is 0.280. The first-order valence-electron chi connectivity index (χ1n) is 7.49. The Bertz CT molecular complexity index is 587. The van der Waals surface area contributed by atoms with E-state index in [1.165, 1.54) is 11.3 Å². The highest BCUT2D eigenvalue weighted by Gasteiger charge is 2.25. The van der Waals surface area contributed by atoms with Gasteiger partial charge in [0.15, 0.2) is 0 Å². The number of aryl methyl sites for hydroxylation is 1. The van der Waals surface area contributed by atoms with Gasteiger partial charge in [-0.05, 0) is 29.8 Å². The van der Waals surface area contributed by atoms with Crippen LogP contribution in [0.15, 0.2) is 42.6 Å². The number of rotatable bonds is 4. The summed E-state index contributed by atoms with van der Waals surface area (Å²) in [6, 6.07) is 13.0. The first-order chi connectivity index (χ1) is 10.3. The molecule has 3 rings (SSSR count). The van der Waals surface area contributed by atoms with Gasteiger partial charge in [0, 0.05) is 45.1 Å². The van der Waals surface area contributed by atoms with E-state index in [1.54, 1.807) is 7.11 Å². The summed E-state index contributed by atoms with van der Waals surface area (Å²) in [7, 11) is 3.84. The van der Waals surface area contributed by atoms with Crippen molar-refractivity contribution in [2.75, 3.05) is 33.3 Å². The summed E-state index contributed by atoms with van der Waals surface area (Å²) >= 11 is 0. The van der Waals surface area contributed by atoms with Crippen LogP contribution in [0.1, 0.15) is 17.3 Å². The van der Waals surface area contributed by atoms with E-state index in [0.717, 1.165) is 31.9 Å². The van der Waals surface area contributed by atoms with Gasteiger partial charge in [-0.3, -0.25) is 4.90 Å². The van der Waals surface area contributed by atoms with Crippen LogP contribution in [0, 0.1) is 0 Å². The van der Waals surface area contributed by atoms with Crippen molar-refractivity contribution in [2.45, 2.75) is 6.04 Å². The molecule has 1 fully saturated rings. The molecule has 1 atom stereocenters. The number of nitrogens with zero attached hydrogens (tertiary/aromatic N) is 2. The van der Waals surface area contributed by atoms with Gasteiger partial charge in [0.1, 0.15) is 5.75 Å². The van der Waals surface area contributed by atoms with E-state index < -0.39 is 0 Å². The van der Waals surface area contributed by atoms with E-state index in [1.807, 2.05) is 6.07 Å². The fourth-order valence-electron chi connectivity index (χ4n) is 3.08. The van der Waals surface area contributed by atoms with E-state index >= 15 is 0 Å². The number of hydrogen-bond acceptors (Lipinski definition) is 3. The Morgan fingerprint density at radius 3 is 2.62 bits per heavy atom. The quantitative estimate of drug-likeness (QED) is 0.932. The van der Waals surface area contributed by atoms with Crippen molar-refractivity contribution in [3.8, 4) is 5.75 Å². The average Bonchev–Trinajstić information content (AvgIpc) is 2.95. The Hall–Kier alpha value is -1.78. The summed E-state index contributed by atoms with van der Waals surface area (Å²) < 4.78 is 7.62. The summed E-state index contributed by atoms with van der Waals surface area (Å²) in [6.07, 6.45) is 2.12. The Balaban J connectivity index is 2.00. The molecule has 1 unspecified atom stereocenters. The molecule has 21 heavy (non-hydrogen) atoms.